The van der Waals surface area contributed by atoms with E-state index >= 15 is 0 Å². The molecule has 0 saturated heterocycles. The van der Waals surface area contributed by atoms with Crippen molar-refractivity contribution in [2.45, 2.75) is 0 Å². The first-order valence-electron chi connectivity index (χ1n) is 13.9. The molecule has 0 N–H and O–H groups in total. The molecule has 0 amide bonds. The van der Waals surface area contributed by atoms with Gasteiger partial charge in [-0.05, 0) is 82.6 Å². The summed E-state index contributed by atoms with van der Waals surface area (Å²) in [5.74, 6) is 3.15. The Morgan fingerprint density at radius 3 is 2.19 bits per heavy atom. The largest absolute Gasteiger partial charge is 0.457 e. The van der Waals surface area contributed by atoms with Gasteiger partial charge in [-0.3, -0.25) is 4.98 Å². The fraction of sp³-hybridized carbons (Fsp3) is 0.0541. The highest BCUT2D eigenvalue weighted by Gasteiger charge is 2.14. The van der Waals surface area contributed by atoms with Crippen LogP contribution in [0.5, 0.6) is 23.0 Å². The Balaban J connectivity index is 1.22. The summed E-state index contributed by atoms with van der Waals surface area (Å²) >= 11 is 0. The van der Waals surface area contributed by atoms with Gasteiger partial charge in [0.1, 0.15) is 23.0 Å². The van der Waals surface area contributed by atoms with Gasteiger partial charge in [0.25, 0.3) is 0 Å². The zero-order valence-electron chi connectivity index (χ0n) is 23.2. The standard InChI is InChI=1S/C37H29N3O2/c1-39-19-20-40(26-39)30-11-8-15-33(24-30)42-34-22-29-9-5-6-16-35(29)36(25-34)37-23-28(17-18-38-37)27-10-7-14-32(21-27)41-31-12-3-2-4-13-31/h2-25H,26H2,1H3. The third kappa shape index (κ3) is 5.40. The van der Waals surface area contributed by atoms with Gasteiger partial charge in [0.05, 0.1) is 12.4 Å². The van der Waals surface area contributed by atoms with E-state index in [-0.39, 0.29) is 0 Å². The third-order valence-corrected chi connectivity index (χ3v) is 7.28. The van der Waals surface area contributed by atoms with Crippen molar-refractivity contribution in [2.24, 2.45) is 0 Å². The molecule has 5 aromatic carbocycles. The van der Waals surface area contributed by atoms with Crippen LogP contribution in [0.4, 0.5) is 5.69 Å². The van der Waals surface area contributed by atoms with E-state index in [2.05, 4.69) is 96.0 Å². The van der Waals surface area contributed by atoms with E-state index in [1.807, 2.05) is 66.9 Å². The van der Waals surface area contributed by atoms with Gasteiger partial charge < -0.3 is 19.3 Å². The van der Waals surface area contributed by atoms with Gasteiger partial charge in [0, 0.05) is 43.0 Å². The summed E-state index contributed by atoms with van der Waals surface area (Å²) in [5, 5.41) is 2.21. The molecule has 6 aromatic rings. The average molecular weight is 548 g/mol. The lowest BCUT2D eigenvalue weighted by molar-refractivity contribution is 0.481. The number of aromatic nitrogens is 1. The molecule has 0 spiro atoms. The minimum absolute atomic E-state index is 0.764. The van der Waals surface area contributed by atoms with E-state index < -0.39 is 0 Å². The number of para-hydroxylation sites is 1. The van der Waals surface area contributed by atoms with E-state index in [0.717, 1.165) is 68.5 Å². The number of anilines is 1. The van der Waals surface area contributed by atoms with Crippen LogP contribution in [-0.2, 0) is 0 Å². The van der Waals surface area contributed by atoms with Gasteiger partial charge in [-0.2, -0.15) is 0 Å². The zero-order valence-corrected chi connectivity index (χ0v) is 23.2. The SMILES string of the molecule is CN1C=CN(c2cccc(Oc3cc(-c4cc(-c5cccc(Oc6ccccc6)c5)ccn4)c4ccccc4c3)c2)C1. The van der Waals surface area contributed by atoms with Crippen molar-refractivity contribution >= 4 is 16.5 Å². The molecule has 1 aliphatic heterocycles. The number of benzene rings is 5. The minimum Gasteiger partial charge on any atom is -0.457 e. The van der Waals surface area contributed by atoms with Crippen molar-refractivity contribution in [2.75, 3.05) is 18.6 Å². The molecule has 5 nitrogen and oxygen atoms in total. The molecule has 42 heavy (non-hydrogen) atoms. The third-order valence-electron chi connectivity index (χ3n) is 7.28. The fourth-order valence-corrected chi connectivity index (χ4v) is 5.23. The Morgan fingerprint density at radius 2 is 1.33 bits per heavy atom. The Bertz CT molecular complexity index is 1900. The molecule has 0 radical (unpaired) electrons. The van der Waals surface area contributed by atoms with Crippen molar-refractivity contribution in [1.29, 1.82) is 0 Å². The Morgan fingerprint density at radius 1 is 0.595 bits per heavy atom. The predicted octanol–water partition coefficient (Wildman–Crippen LogP) is 9.33. The van der Waals surface area contributed by atoms with Gasteiger partial charge in [0.2, 0.25) is 0 Å². The quantitative estimate of drug-likeness (QED) is 0.199. The lowest BCUT2D eigenvalue weighted by Crippen LogP contribution is -2.21. The second-order valence-corrected chi connectivity index (χ2v) is 10.3. The van der Waals surface area contributed by atoms with Crippen molar-refractivity contribution in [3.63, 3.8) is 0 Å². The molecule has 1 aliphatic rings. The lowest BCUT2D eigenvalue weighted by Gasteiger charge is -2.19. The molecule has 5 heteroatoms. The highest BCUT2D eigenvalue weighted by molar-refractivity contribution is 5.97. The molecule has 204 valence electrons. The summed E-state index contributed by atoms with van der Waals surface area (Å²) in [5.41, 5.74) is 5.10. The van der Waals surface area contributed by atoms with Crippen molar-refractivity contribution in [3.05, 3.63) is 146 Å². The molecular weight excluding hydrogens is 518 g/mol. The van der Waals surface area contributed by atoms with E-state index in [1.54, 1.807) is 0 Å². The molecule has 2 heterocycles. The maximum Gasteiger partial charge on any atom is 0.129 e. The highest BCUT2D eigenvalue weighted by atomic mass is 16.5. The van der Waals surface area contributed by atoms with Crippen LogP contribution in [0, 0.1) is 0 Å². The summed E-state index contributed by atoms with van der Waals surface area (Å²) in [6, 6.07) is 42.8. The van der Waals surface area contributed by atoms with Crippen LogP contribution in [-0.4, -0.2) is 23.6 Å². The molecular formula is C37H29N3O2. The highest BCUT2D eigenvalue weighted by Crippen LogP contribution is 2.37. The molecule has 0 saturated carbocycles. The van der Waals surface area contributed by atoms with Gasteiger partial charge >= 0.3 is 0 Å². The Kier molecular flexibility index (Phi) is 6.74. The molecule has 0 atom stereocenters. The molecule has 0 aliphatic carbocycles. The van der Waals surface area contributed by atoms with Crippen LogP contribution in [0.15, 0.2) is 146 Å². The average Bonchev–Trinajstić information content (AvgIpc) is 3.48. The number of hydrogen-bond donors (Lipinski definition) is 0. The number of rotatable bonds is 7. The Labute approximate surface area is 245 Å². The van der Waals surface area contributed by atoms with Gasteiger partial charge in [0.15, 0.2) is 0 Å². The lowest BCUT2D eigenvalue weighted by atomic mass is 9.98. The summed E-state index contributed by atoms with van der Waals surface area (Å²) < 4.78 is 12.5. The zero-order chi connectivity index (χ0) is 28.3. The summed E-state index contributed by atoms with van der Waals surface area (Å²) in [6.45, 7) is 0.812. The van der Waals surface area contributed by atoms with Crippen LogP contribution in [0.2, 0.25) is 0 Å². The van der Waals surface area contributed by atoms with Crippen LogP contribution in [0.25, 0.3) is 33.2 Å². The van der Waals surface area contributed by atoms with Gasteiger partial charge in [-0.25, -0.2) is 0 Å². The fourth-order valence-electron chi connectivity index (χ4n) is 5.23. The number of fused-ring (bicyclic) bond motifs is 1. The van der Waals surface area contributed by atoms with Crippen LogP contribution < -0.4 is 14.4 Å². The first-order valence-corrected chi connectivity index (χ1v) is 13.9. The second kappa shape index (κ2) is 11.1. The van der Waals surface area contributed by atoms with Crippen LogP contribution in [0.3, 0.4) is 0 Å². The van der Waals surface area contributed by atoms with Crippen molar-refractivity contribution < 1.29 is 9.47 Å². The second-order valence-electron chi connectivity index (χ2n) is 10.3. The van der Waals surface area contributed by atoms with Crippen LogP contribution >= 0.6 is 0 Å². The van der Waals surface area contributed by atoms with Crippen molar-refractivity contribution in [1.82, 2.24) is 9.88 Å². The van der Waals surface area contributed by atoms with Gasteiger partial charge in [-0.1, -0.05) is 60.7 Å². The van der Waals surface area contributed by atoms with Crippen LogP contribution in [0.1, 0.15) is 0 Å². The molecule has 0 unspecified atom stereocenters. The maximum absolute atomic E-state index is 6.45. The number of nitrogens with zero attached hydrogens (tertiary/aromatic N) is 3. The number of hydrogen-bond acceptors (Lipinski definition) is 5. The molecule has 0 fully saturated rings. The minimum atomic E-state index is 0.764. The Hall–Kier alpha value is -5.55. The first kappa shape index (κ1) is 25.4. The maximum atomic E-state index is 6.45. The molecule has 0 bridgehead atoms. The molecule has 7 rings (SSSR count). The first-order chi connectivity index (χ1) is 20.7. The van der Waals surface area contributed by atoms with Crippen molar-refractivity contribution in [3.8, 4) is 45.4 Å². The number of pyridine rings is 1. The topological polar surface area (TPSA) is 37.8 Å². The van der Waals surface area contributed by atoms with E-state index in [0.29, 0.717) is 0 Å². The van der Waals surface area contributed by atoms with E-state index in [1.165, 1.54) is 0 Å². The van der Waals surface area contributed by atoms with E-state index in [4.69, 9.17) is 14.5 Å². The summed E-state index contributed by atoms with van der Waals surface area (Å²) in [7, 11) is 2.06. The van der Waals surface area contributed by atoms with Gasteiger partial charge in [-0.15, -0.1) is 0 Å². The molecule has 1 aromatic heterocycles. The monoisotopic (exact) mass is 547 g/mol. The predicted molar refractivity (Wildman–Crippen MR) is 170 cm³/mol. The summed E-state index contributed by atoms with van der Waals surface area (Å²) in [6.07, 6.45) is 6.01. The normalized spacial score (nSPS) is 12.6. The van der Waals surface area contributed by atoms with E-state index in [9.17, 15) is 0 Å². The smallest absolute Gasteiger partial charge is 0.129 e. The summed E-state index contributed by atoms with van der Waals surface area (Å²) in [4.78, 5) is 9.12. The number of ether oxygens (including phenoxy) is 2.